The average Bonchev–Trinajstić information content (AvgIpc) is 2.37. The number of rotatable bonds is 7. The highest BCUT2D eigenvalue weighted by Crippen LogP contribution is 2.14. The van der Waals surface area contributed by atoms with E-state index in [1.54, 1.807) is 20.1 Å². The maximum Gasteiger partial charge on any atom is 0.323 e. The Labute approximate surface area is 107 Å². The number of carbonyl (C=O) groups is 1. The third kappa shape index (κ3) is 3.70. The van der Waals surface area contributed by atoms with Crippen LogP contribution in [0.4, 0.5) is 0 Å². The van der Waals surface area contributed by atoms with Crippen molar-refractivity contribution >= 4 is 5.97 Å². The molecule has 0 saturated heterocycles. The average molecular weight is 252 g/mol. The van der Waals surface area contributed by atoms with Crippen LogP contribution in [0.1, 0.15) is 32.4 Å². The van der Waals surface area contributed by atoms with Crippen molar-refractivity contribution in [3.05, 3.63) is 23.9 Å². The molecule has 0 bridgehead atoms. The molecule has 5 heteroatoms. The van der Waals surface area contributed by atoms with Gasteiger partial charge in [-0.3, -0.25) is 10.1 Å². The first kappa shape index (κ1) is 14.4. The zero-order valence-corrected chi connectivity index (χ0v) is 11.1. The van der Waals surface area contributed by atoms with Crippen LogP contribution >= 0.6 is 0 Å². The lowest BCUT2D eigenvalue weighted by Crippen LogP contribution is -2.49. The van der Waals surface area contributed by atoms with E-state index in [-0.39, 0.29) is 0 Å². The van der Waals surface area contributed by atoms with Gasteiger partial charge in [0.15, 0.2) is 0 Å². The monoisotopic (exact) mass is 252 g/mol. The molecule has 0 amide bonds. The molecule has 2 N–H and O–H groups in total. The Hall–Kier alpha value is -1.62. The van der Waals surface area contributed by atoms with E-state index in [0.29, 0.717) is 18.8 Å². The lowest BCUT2D eigenvalue weighted by molar-refractivity contribution is -0.144. The molecule has 18 heavy (non-hydrogen) atoms. The fraction of sp³-hybridized carbons (Fsp3) is 0.538. The zero-order valence-electron chi connectivity index (χ0n) is 11.1. The molecule has 1 heterocycles. The van der Waals surface area contributed by atoms with Gasteiger partial charge in [0, 0.05) is 12.6 Å². The zero-order chi connectivity index (χ0) is 13.6. The molecule has 0 aliphatic heterocycles. The van der Waals surface area contributed by atoms with Crippen LogP contribution in [-0.4, -0.2) is 28.7 Å². The normalized spacial score (nSPS) is 13.9. The first-order valence-electron chi connectivity index (χ1n) is 6.00. The van der Waals surface area contributed by atoms with E-state index in [0.717, 1.165) is 12.1 Å². The summed E-state index contributed by atoms with van der Waals surface area (Å²) in [5.74, 6) is -0.311. The Kier molecular flexibility index (Phi) is 5.09. The van der Waals surface area contributed by atoms with Crippen LogP contribution in [0, 0.1) is 0 Å². The number of hydrogen-bond donors (Lipinski definition) is 2. The molecule has 0 aliphatic carbocycles. The number of pyridine rings is 1. The summed E-state index contributed by atoms with van der Waals surface area (Å²) < 4.78 is 5.03. The summed E-state index contributed by atoms with van der Waals surface area (Å²) in [7, 11) is 1.55. The molecule has 0 aromatic carbocycles. The van der Waals surface area contributed by atoms with Gasteiger partial charge in [0.05, 0.1) is 12.8 Å². The molecule has 0 radical (unpaired) electrons. The quantitative estimate of drug-likeness (QED) is 0.774. The Morgan fingerprint density at radius 3 is 2.83 bits per heavy atom. The largest absolute Gasteiger partial charge is 0.481 e. The third-order valence-corrected chi connectivity index (χ3v) is 2.87. The molecular weight excluding hydrogens is 232 g/mol. The van der Waals surface area contributed by atoms with Gasteiger partial charge in [0.1, 0.15) is 5.54 Å². The lowest BCUT2D eigenvalue weighted by atomic mass is 9.96. The number of ether oxygens (including phenoxy) is 1. The topological polar surface area (TPSA) is 71.5 Å². The maximum absolute atomic E-state index is 11.2. The predicted octanol–water partition coefficient (Wildman–Crippen LogP) is 1.82. The van der Waals surface area contributed by atoms with Crippen molar-refractivity contribution in [2.24, 2.45) is 0 Å². The van der Waals surface area contributed by atoms with Gasteiger partial charge in [-0.1, -0.05) is 19.4 Å². The Balaban J connectivity index is 2.69. The second-order valence-corrected chi connectivity index (χ2v) is 4.41. The molecule has 1 rings (SSSR count). The standard InChI is InChI=1S/C13H20N2O3/c1-4-8-13(2,12(16)17)14-9-10-6-5-7-11(15-10)18-3/h5-7,14H,4,8-9H2,1-3H3,(H,16,17). The summed E-state index contributed by atoms with van der Waals surface area (Å²) in [6.07, 6.45) is 1.38. The van der Waals surface area contributed by atoms with E-state index in [1.165, 1.54) is 0 Å². The summed E-state index contributed by atoms with van der Waals surface area (Å²) in [5, 5.41) is 12.3. The Morgan fingerprint density at radius 1 is 1.56 bits per heavy atom. The summed E-state index contributed by atoms with van der Waals surface area (Å²) >= 11 is 0. The van der Waals surface area contributed by atoms with E-state index in [9.17, 15) is 9.90 Å². The van der Waals surface area contributed by atoms with Crippen molar-refractivity contribution in [1.29, 1.82) is 0 Å². The predicted molar refractivity (Wildman–Crippen MR) is 68.6 cm³/mol. The van der Waals surface area contributed by atoms with E-state index < -0.39 is 11.5 Å². The summed E-state index contributed by atoms with van der Waals surface area (Å²) in [6.45, 7) is 4.06. The molecule has 1 unspecified atom stereocenters. The number of aromatic nitrogens is 1. The number of aliphatic carboxylic acids is 1. The van der Waals surface area contributed by atoms with Gasteiger partial charge in [-0.25, -0.2) is 4.98 Å². The summed E-state index contributed by atoms with van der Waals surface area (Å²) in [5.41, 5.74) is -0.155. The van der Waals surface area contributed by atoms with Crippen LogP contribution < -0.4 is 10.1 Å². The molecule has 100 valence electrons. The van der Waals surface area contributed by atoms with Gasteiger partial charge >= 0.3 is 5.97 Å². The lowest BCUT2D eigenvalue weighted by Gasteiger charge is -2.25. The summed E-state index contributed by atoms with van der Waals surface area (Å²) in [6, 6.07) is 5.43. The molecule has 1 atom stereocenters. The van der Waals surface area contributed by atoms with Crippen LogP contribution in [0.2, 0.25) is 0 Å². The Morgan fingerprint density at radius 2 is 2.28 bits per heavy atom. The number of methoxy groups -OCH3 is 1. The van der Waals surface area contributed by atoms with E-state index in [1.807, 2.05) is 19.1 Å². The first-order valence-corrected chi connectivity index (χ1v) is 6.00. The van der Waals surface area contributed by atoms with Crippen molar-refractivity contribution in [1.82, 2.24) is 10.3 Å². The van der Waals surface area contributed by atoms with Crippen LogP contribution in [0.3, 0.4) is 0 Å². The number of carboxylic acids is 1. The number of hydrogen-bond acceptors (Lipinski definition) is 4. The number of nitrogens with one attached hydrogen (secondary N) is 1. The van der Waals surface area contributed by atoms with Crippen LogP contribution in [-0.2, 0) is 11.3 Å². The minimum atomic E-state index is -0.917. The van der Waals surface area contributed by atoms with Crippen LogP contribution in [0.25, 0.3) is 0 Å². The smallest absolute Gasteiger partial charge is 0.323 e. The van der Waals surface area contributed by atoms with Crippen molar-refractivity contribution < 1.29 is 14.6 Å². The highest BCUT2D eigenvalue weighted by atomic mass is 16.5. The summed E-state index contributed by atoms with van der Waals surface area (Å²) in [4.78, 5) is 15.5. The van der Waals surface area contributed by atoms with Gasteiger partial charge in [-0.15, -0.1) is 0 Å². The minimum Gasteiger partial charge on any atom is -0.481 e. The molecule has 5 nitrogen and oxygen atoms in total. The second kappa shape index (κ2) is 6.35. The van der Waals surface area contributed by atoms with Crippen molar-refractivity contribution in [2.75, 3.05) is 7.11 Å². The van der Waals surface area contributed by atoms with Crippen molar-refractivity contribution in [3.63, 3.8) is 0 Å². The van der Waals surface area contributed by atoms with Gasteiger partial charge in [0.25, 0.3) is 0 Å². The molecule has 0 aliphatic rings. The van der Waals surface area contributed by atoms with E-state index >= 15 is 0 Å². The second-order valence-electron chi connectivity index (χ2n) is 4.41. The molecule has 1 aromatic heterocycles. The third-order valence-electron chi connectivity index (χ3n) is 2.87. The molecule has 0 saturated carbocycles. The highest BCUT2D eigenvalue weighted by Gasteiger charge is 2.31. The number of nitrogens with zero attached hydrogens (tertiary/aromatic N) is 1. The van der Waals surface area contributed by atoms with E-state index in [2.05, 4.69) is 10.3 Å². The molecule has 0 fully saturated rings. The van der Waals surface area contributed by atoms with Crippen molar-refractivity contribution in [2.45, 2.75) is 38.8 Å². The highest BCUT2D eigenvalue weighted by molar-refractivity contribution is 5.78. The van der Waals surface area contributed by atoms with Crippen LogP contribution in [0.5, 0.6) is 5.88 Å². The first-order chi connectivity index (χ1) is 8.51. The van der Waals surface area contributed by atoms with Crippen LogP contribution in [0.15, 0.2) is 18.2 Å². The number of carboxylic acid groups (broad SMARTS) is 1. The molecular formula is C13H20N2O3. The molecule has 1 aromatic rings. The van der Waals surface area contributed by atoms with Gasteiger partial charge in [-0.05, 0) is 19.4 Å². The Bertz CT molecular complexity index is 409. The molecule has 0 spiro atoms. The fourth-order valence-electron chi connectivity index (χ4n) is 1.73. The van der Waals surface area contributed by atoms with Crippen molar-refractivity contribution in [3.8, 4) is 5.88 Å². The minimum absolute atomic E-state index is 0.403. The van der Waals surface area contributed by atoms with Gasteiger partial charge in [0.2, 0.25) is 5.88 Å². The maximum atomic E-state index is 11.2. The fourth-order valence-corrected chi connectivity index (χ4v) is 1.73. The SMILES string of the molecule is CCCC(C)(NCc1cccc(OC)n1)C(=O)O. The van der Waals surface area contributed by atoms with Gasteiger partial charge in [-0.2, -0.15) is 0 Å². The van der Waals surface area contributed by atoms with Gasteiger partial charge < -0.3 is 9.84 Å². The van der Waals surface area contributed by atoms with E-state index in [4.69, 9.17) is 4.74 Å².